The second-order valence-corrected chi connectivity index (χ2v) is 6.38. The van der Waals surface area contributed by atoms with Gasteiger partial charge in [0.15, 0.2) is 18.5 Å². The fraction of sp³-hybridized carbons (Fsp3) is 0.474. The van der Waals surface area contributed by atoms with Gasteiger partial charge in [0, 0.05) is 26.3 Å². The topological polar surface area (TPSA) is 137 Å². The Labute approximate surface area is 167 Å². The lowest BCUT2D eigenvalue weighted by molar-refractivity contribution is -0.263. The van der Waals surface area contributed by atoms with Crippen LogP contribution in [0.25, 0.3) is 0 Å². The molecule has 0 radical (unpaired) electrons. The summed E-state index contributed by atoms with van der Waals surface area (Å²) in [4.78, 5) is 46.9. The molecule has 1 aliphatic rings. The lowest BCUT2D eigenvalue weighted by atomic mass is 9.96. The summed E-state index contributed by atoms with van der Waals surface area (Å²) < 4.78 is 20.8. The number of amides is 1. The Morgan fingerprint density at radius 1 is 0.966 bits per heavy atom. The molecular weight excluding hydrogens is 386 g/mol. The van der Waals surface area contributed by atoms with E-state index in [4.69, 9.17) is 18.9 Å². The first-order chi connectivity index (χ1) is 13.7. The van der Waals surface area contributed by atoms with Crippen LogP contribution in [-0.2, 0) is 33.3 Å². The zero-order valence-electron chi connectivity index (χ0n) is 16.2. The molecule has 0 saturated carbocycles. The normalized spacial score (nSPS) is 26.1. The Morgan fingerprint density at radius 2 is 1.55 bits per heavy atom. The molecule has 1 amide bonds. The predicted molar refractivity (Wildman–Crippen MR) is 96.3 cm³/mol. The van der Waals surface area contributed by atoms with Crippen molar-refractivity contribution in [3.8, 4) is 0 Å². The Balaban J connectivity index is 2.30. The SMILES string of the molecule is CC(=O)OCC1OC(O)[C@@H](NC(=O)c2ccccc2)[C@@H](OC(C)=O)C1OC(C)=O. The second kappa shape index (κ2) is 9.99. The fourth-order valence-electron chi connectivity index (χ4n) is 2.90. The van der Waals surface area contributed by atoms with Crippen LogP contribution >= 0.6 is 0 Å². The highest BCUT2D eigenvalue weighted by molar-refractivity contribution is 5.94. The molecule has 1 aliphatic heterocycles. The van der Waals surface area contributed by atoms with Gasteiger partial charge in [-0.3, -0.25) is 19.2 Å². The molecule has 1 fully saturated rings. The van der Waals surface area contributed by atoms with E-state index in [-0.39, 0.29) is 6.61 Å². The first kappa shape index (κ1) is 22.3. The smallest absolute Gasteiger partial charge is 0.303 e. The number of carbonyl (C=O) groups is 4. The van der Waals surface area contributed by atoms with Gasteiger partial charge in [0.2, 0.25) is 0 Å². The molecule has 0 aromatic heterocycles. The maximum absolute atomic E-state index is 12.5. The summed E-state index contributed by atoms with van der Waals surface area (Å²) in [5.41, 5.74) is 0.298. The van der Waals surface area contributed by atoms with Crippen molar-refractivity contribution >= 4 is 23.8 Å². The van der Waals surface area contributed by atoms with Crippen LogP contribution in [0.3, 0.4) is 0 Å². The molecular formula is C19H23NO9. The third-order valence-corrected chi connectivity index (χ3v) is 4.05. The van der Waals surface area contributed by atoms with E-state index in [9.17, 15) is 24.3 Å². The lowest BCUT2D eigenvalue weighted by Gasteiger charge is -2.43. The fourth-order valence-corrected chi connectivity index (χ4v) is 2.90. The van der Waals surface area contributed by atoms with Crippen LogP contribution in [-0.4, -0.2) is 66.2 Å². The van der Waals surface area contributed by atoms with Crippen LogP contribution in [0.1, 0.15) is 31.1 Å². The van der Waals surface area contributed by atoms with Crippen LogP contribution in [0.4, 0.5) is 0 Å². The maximum Gasteiger partial charge on any atom is 0.303 e. The Hall–Kier alpha value is -2.98. The molecule has 0 aliphatic carbocycles. The van der Waals surface area contributed by atoms with Crippen molar-refractivity contribution < 1.29 is 43.2 Å². The summed E-state index contributed by atoms with van der Waals surface area (Å²) in [6.45, 7) is 3.08. The Bertz CT molecular complexity index is 751. The van der Waals surface area contributed by atoms with Gasteiger partial charge in [-0.2, -0.15) is 0 Å². The standard InChI is InChI=1S/C19H23NO9/c1-10(21)26-9-14-16(27-11(2)22)17(28-12(3)23)15(19(25)29-14)20-18(24)13-7-5-4-6-8-13/h4-8,14-17,19,25H,9H2,1-3H3,(H,20,24)/t14?,15-,16?,17+,19?/m0/s1. The zero-order chi connectivity index (χ0) is 21.6. The van der Waals surface area contributed by atoms with Crippen molar-refractivity contribution in [3.63, 3.8) is 0 Å². The van der Waals surface area contributed by atoms with Crippen molar-refractivity contribution in [1.29, 1.82) is 0 Å². The molecule has 1 heterocycles. The largest absolute Gasteiger partial charge is 0.463 e. The van der Waals surface area contributed by atoms with E-state index in [1.165, 1.54) is 6.92 Å². The van der Waals surface area contributed by atoms with Crippen molar-refractivity contribution in [2.24, 2.45) is 0 Å². The molecule has 1 aromatic rings. The van der Waals surface area contributed by atoms with E-state index in [0.29, 0.717) is 5.56 Å². The van der Waals surface area contributed by atoms with Crippen molar-refractivity contribution in [3.05, 3.63) is 35.9 Å². The van der Waals surface area contributed by atoms with Crippen LogP contribution in [0.2, 0.25) is 0 Å². The minimum Gasteiger partial charge on any atom is -0.463 e. The van der Waals surface area contributed by atoms with E-state index in [1.807, 2.05) is 0 Å². The Kier molecular flexibility index (Phi) is 7.68. The molecule has 10 heteroatoms. The highest BCUT2D eigenvalue weighted by Crippen LogP contribution is 2.26. The van der Waals surface area contributed by atoms with Crippen LogP contribution in [0, 0.1) is 0 Å². The summed E-state index contributed by atoms with van der Waals surface area (Å²) >= 11 is 0. The monoisotopic (exact) mass is 409 g/mol. The number of carbonyl (C=O) groups excluding carboxylic acids is 4. The van der Waals surface area contributed by atoms with E-state index < -0.39 is 54.5 Å². The first-order valence-corrected chi connectivity index (χ1v) is 8.86. The summed E-state index contributed by atoms with van der Waals surface area (Å²) in [5, 5.41) is 13.0. The lowest BCUT2D eigenvalue weighted by Crippen LogP contribution is -2.66. The number of ether oxygens (including phenoxy) is 4. The molecule has 0 spiro atoms. The highest BCUT2D eigenvalue weighted by atomic mass is 16.7. The third kappa shape index (κ3) is 6.26. The quantitative estimate of drug-likeness (QED) is 0.488. The number of nitrogens with one attached hydrogen (secondary N) is 1. The summed E-state index contributed by atoms with van der Waals surface area (Å²) in [6.07, 6.45) is -5.26. The molecule has 1 aromatic carbocycles. The summed E-state index contributed by atoms with van der Waals surface area (Å²) in [5.74, 6) is -2.62. The van der Waals surface area contributed by atoms with Gasteiger partial charge >= 0.3 is 17.9 Å². The number of esters is 3. The average molecular weight is 409 g/mol. The van der Waals surface area contributed by atoms with Gasteiger partial charge in [-0.05, 0) is 12.1 Å². The summed E-state index contributed by atoms with van der Waals surface area (Å²) in [7, 11) is 0. The predicted octanol–water partition coefficient (Wildman–Crippen LogP) is -0.0713. The van der Waals surface area contributed by atoms with E-state index >= 15 is 0 Å². The molecule has 1 saturated heterocycles. The number of aliphatic hydroxyl groups is 1. The molecule has 3 unspecified atom stereocenters. The Morgan fingerprint density at radius 3 is 2.10 bits per heavy atom. The third-order valence-electron chi connectivity index (χ3n) is 4.05. The van der Waals surface area contributed by atoms with Crippen LogP contribution < -0.4 is 5.32 Å². The molecule has 0 bridgehead atoms. The number of hydrogen-bond donors (Lipinski definition) is 2. The van der Waals surface area contributed by atoms with Gasteiger partial charge in [0.05, 0.1) is 0 Å². The number of hydrogen-bond acceptors (Lipinski definition) is 9. The van der Waals surface area contributed by atoms with Crippen molar-refractivity contribution in [1.82, 2.24) is 5.32 Å². The minimum absolute atomic E-state index is 0.298. The molecule has 2 rings (SSSR count). The summed E-state index contributed by atoms with van der Waals surface area (Å²) in [6, 6.07) is 6.91. The molecule has 158 valence electrons. The van der Waals surface area contributed by atoms with Gasteiger partial charge in [0.1, 0.15) is 18.8 Å². The first-order valence-electron chi connectivity index (χ1n) is 8.86. The zero-order valence-corrected chi connectivity index (χ0v) is 16.2. The molecule has 2 N–H and O–H groups in total. The molecule has 29 heavy (non-hydrogen) atoms. The van der Waals surface area contributed by atoms with Crippen LogP contribution in [0.15, 0.2) is 30.3 Å². The van der Waals surface area contributed by atoms with Gasteiger partial charge in [-0.15, -0.1) is 0 Å². The highest BCUT2D eigenvalue weighted by Gasteiger charge is 2.50. The van der Waals surface area contributed by atoms with E-state index in [1.54, 1.807) is 30.3 Å². The minimum atomic E-state index is -1.63. The van der Waals surface area contributed by atoms with Gasteiger partial charge < -0.3 is 29.4 Å². The molecule has 5 atom stereocenters. The average Bonchev–Trinajstić information content (AvgIpc) is 2.65. The van der Waals surface area contributed by atoms with Crippen LogP contribution in [0.5, 0.6) is 0 Å². The number of aliphatic hydroxyl groups excluding tert-OH is 1. The van der Waals surface area contributed by atoms with Crippen molar-refractivity contribution in [2.75, 3.05) is 6.61 Å². The number of rotatable bonds is 6. The molecule has 10 nitrogen and oxygen atoms in total. The van der Waals surface area contributed by atoms with Gasteiger partial charge in [-0.1, -0.05) is 18.2 Å². The number of benzene rings is 1. The van der Waals surface area contributed by atoms with E-state index in [2.05, 4.69) is 5.32 Å². The van der Waals surface area contributed by atoms with Gasteiger partial charge in [-0.25, -0.2) is 0 Å². The van der Waals surface area contributed by atoms with Crippen molar-refractivity contribution in [2.45, 2.75) is 51.4 Å². The van der Waals surface area contributed by atoms with Gasteiger partial charge in [0.25, 0.3) is 5.91 Å². The van der Waals surface area contributed by atoms with E-state index in [0.717, 1.165) is 13.8 Å². The maximum atomic E-state index is 12.5. The second-order valence-electron chi connectivity index (χ2n) is 6.38.